The first-order valence-electron chi connectivity index (χ1n) is 7.90. The van der Waals surface area contributed by atoms with Gasteiger partial charge in [0.1, 0.15) is 6.04 Å². The summed E-state index contributed by atoms with van der Waals surface area (Å²) in [6, 6.07) is 5.76. The highest BCUT2D eigenvalue weighted by Gasteiger charge is 2.16. The van der Waals surface area contributed by atoms with Crippen LogP contribution in [0.2, 0.25) is 0 Å². The van der Waals surface area contributed by atoms with Crippen LogP contribution in [-0.4, -0.2) is 51.0 Å². The Morgan fingerprint density at radius 1 is 1.28 bits per heavy atom. The first-order valence-corrected chi connectivity index (χ1v) is 7.90. The van der Waals surface area contributed by atoms with Crippen molar-refractivity contribution in [3.63, 3.8) is 0 Å². The van der Waals surface area contributed by atoms with Crippen molar-refractivity contribution < 1.29 is 19.1 Å². The Labute approximate surface area is 153 Å². The number of ether oxygens (including phenoxy) is 2. The Balaban J connectivity index is 0.00000312. The van der Waals surface area contributed by atoms with Gasteiger partial charge in [-0.05, 0) is 37.1 Å². The molecule has 9 heteroatoms. The summed E-state index contributed by atoms with van der Waals surface area (Å²) in [5, 5.41) is 8.18. The third-order valence-electron chi connectivity index (χ3n) is 3.61. The molecule has 2 unspecified atom stereocenters. The van der Waals surface area contributed by atoms with E-state index in [9.17, 15) is 9.59 Å². The third-order valence-corrected chi connectivity index (χ3v) is 3.61. The van der Waals surface area contributed by atoms with Crippen LogP contribution in [0.5, 0.6) is 0 Å². The molecule has 2 rings (SSSR count). The number of nitrogens with one attached hydrogen (secondary N) is 3. The molecule has 0 aliphatic carbocycles. The van der Waals surface area contributed by atoms with Gasteiger partial charge in [-0.15, -0.1) is 12.4 Å². The van der Waals surface area contributed by atoms with Gasteiger partial charge in [-0.3, -0.25) is 4.79 Å². The van der Waals surface area contributed by atoms with E-state index in [0.717, 1.165) is 19.4 Å². The van der Waals surface area contributed by atoms with Crippen molar-refractivity contribution in [3.05, 3.63) is 24.3 Å². The van der Waals surface area contributed by atoms with Crippen LogP contribution >= 0.6 is 12.4 Å². The number of hydrogen-bond donors (Lipinski definition) is 4. The molecule has 1 aliphatic heterocycles. The number of methoxy groups -OCH3 is 1. The van der Waals surface area contributed by atoms with E-state index in [2.05, 4.69) is 16.0 Å². The van der Waals surface area contributed by atoms with Crippen molar-refractivity contribution in [2.45, 2.75) is 25.0 Å². The molecule has 8 nitrogen and oxygen atoms in total. The summed E-state index contributed by atoms with van der Waals surface area (Å²) in [5.74, 6) is -0.327. The molecule has 2 atom stereocenters. The predicted octanol–water partition coefficient (Wildman–Crippen LogP) is 1.32. The first-order chi connectivity index (χ1) is 11.6. The summed E-state index contributed by atoms with van der Waals surface area (Å²) in [5.41, 5.74) is 6.86. The molecule has 5 N–H and O–H groups in total. The Bertz CT molecular complexity index is 550. The molecule has 1 heterocycles. The minimum atomic E-state index is -0.726. The molecule has 0 aromatic heterocycles. The fraction of sp³-hybridized carbons (Fsp3) is 0.500. The van der Waals surface area contributed by atoms with Crippen molar-refractivity contribution in [2.75, 3.05) is 37.5 Å². The van der Waals surface area contributed by atoms with Gasteiger partial charge in [0, 0.05) is 31.6 Å². The molecule has 140 valence electrons. The summed E-state index contributed by atoms with van der Waals surface area (Å²) in [7, 11) is 1.48. The van der Waals surface area contributed by atoms with Gasteiger partial charge in [-0.25, -0.2) is 4.79 Å². The maximum Gasteiger partial charge on any atom is 0.319 e. The highest BCUT2D eigenvalue weighted by atomic mass is 35.5. The topological polar surface area (TPSA) is 115 Å². The zero-order valence-corrected chi connectivity index (χ0v) is 14.9. The molecule has 1 aromatic rings. The van der Waals surface area contributed by atoms with Crippen LogP contribution in [0.15, 0.2) is 24.3 Å². The van der Waals surface area contributed by atoms with E-state index in [1.165, 1.54) is 7.11 Å². The van der Waals surface area contributed by atoms with Gasteiger partial charge in [-0.2, -0.15) is 0 Å². The van der Waals surface area contributed by atoms with E-state index in [4.69, 9.17) is 15.2 Å². The van der Waals surface area contributed by atoms with E-state index in [-0.39, 0.29) is 37.1 Å². The molecular weight excluding hydrogens is 348 g/mol. The third kappa shape index (κ3) is 7.27. The number of carbonyl (C=O) groups is 2. The summed E-state index contributed by atoms with van der Waals surface area (Å²) in [6.45, 7) is 1.41. The number of carbonyl (C=O) groups excluding carboxylic acids is 2. The highest BCUT2D eigenvalue weighted by Crippen LogP contribution is 2.14. The van der Waals surface area contributed by atoms with Crippen LogP contribution < -0.4 is 21.7 Å². The smallest absolute Gasteiger partial charge is 0.319 e. The zero-order chi connectivity index (χ0) is 17.4. The lowest BCUT2D eigenvalue weighted by molar-refractivity contribution is -0.118. The molecule has 0 saturated carbocycles. The van der Waals surface area contributed by atoms with E-state index >= 15 is 0 Å². The summed E-state index contributed by atoms with van der Waals surface area (Å²) in [6.07, 6.45) is 2.11. The number of nitrogens with two attached hydrogens (primary N) is 1. The predicted molar refractivity (Wildman–Crippen MR) is 98.2 cm³/mol. The van der Waals surface area contributed by atoms with E-state index < -0.39 is 6.04 Å². The number of amides is 3. The molecule has 3 amide bonds. The lowest BCUT2D eigenvalue weighted by atomic mass is 10.2. The minimum absolute atomic E-state index is 0. The fourth-order valence-corrected chi connectivity index (χ4v) is 2.31. The van der Waals surface area contributed by atoms with Crippen molar-refractivity contribution in [3.8, 4) is 0 Å². The summed E-state index contributed by atoms with van der Waals surface area (Å²) >= 11 is 0. The number of rotatable bonds is 7. The van der Waals surface area contributed by atoms with Gasteiger partial charge < -0.3 is 31.2 Å². The second-order valence-corrected chi connectivity index (χ2v) is 5.60. The van der Waals surface area contributed by atoms with Gasteiger partial charge in [0.25, 0.3) is 0 Å². The Hall–Kier alpha value is -1.87. The van der Waals surface area contributed by atoms with Crippen molar-refractivity contribution in [1.82, 2.24) is 5.32 Å². The number of urea groups is 1. The summed E-state index contributed by atoms with van der Waals surface area (Å²) < 4.78 is 10.3. The maximum absolute atomic E-state index is 11.8. The molecule has 1 aliphatic rings. The monoisotopic (exact) mass is 372 g/mol. The first kappa shape index (κ1) is 21.2. The van der Waals surface area contributed by atoms with Gasteiger partial charge in [0.15, 0.2) is 0 Å². The molecule has 0 bridgehead atoms. The molecule has 0 spiro atoms. The largest absolute Gasteiger partial charge is 0.383 e. The van der Waals surface area contributed by atoms with Crippen molar-refractivity contribution in [1.29, 1.82) is 0 Å². The molecule has 1 saturated heterocycles. The average Bonchev–Trinajstić information content (AvgIpc) is 3.08. The maximum atomic E-state index is 11.8. The Morgan fingerprint density at radius 3 is 2.48 bits per heavy atom. The van der Waals surface area contributed by atoms with E-state index in [1.54, 1.807) is 24.3 Å². The van der Waals surface area contributed by atoms with Gasteiger partial charge in [0.05, 0.1) is 12.7 Å². The Morgan fingerprint density at radius 2 is 1.92 bits per heavy atom. The van der Waals surface area contributed by atoms with Crippen molar-refractivity contribution in [2.24, 2.45) is 5.73 Å². The summed E-state index contributed by atoms with van der Waals surface area (Å²) in [4.78, 5) is 23.6. The number of benzene rings is 1. The van der Waals surface area contributed by atoms with Crippen molar-refractivity contribution >= 4 is 35.7 Å². The molecule has 25 heavy (non-hydrogen) atoms. The molecular formula is C16H25ClN4O4. The standard InChI is InChI=1S/C16H24N4O4.ClH/c1-23-10-14(17)15(21)19-11-4-6-12(7-5-11)20-16(22)18-9-13-3-2-8-24-13;/h4-7,13-14H,2-3,8-10,17H2,1H3,(H,19,21)(H2,18,20,22);1H. The zero-order valence-electron chi connectivity index (χ0n) is 14.1. The highest BCUT2D eigenvalue weighted by molar-refractivity contribution is 5.95. The number of halogens is 1. The van der Waals surface area contributed by atoms with Crippen LogP contribution in [-0.2, 0) is 14.3 Å². The SMILES string of the molecule is COCC(N)C(=O)Nc1ccc(NC(=O)NCC2CCCO2)cc1.Cl. The lowest BCUT2D eigenvalue weighted by Crippen LogP contribution is -2.39. The Kier molecular flexibility index (Phi) is 9.22. The molecule has 1 fully saturated rings. The van der Waals surface area contributed by atoms with Gasteiger partial charge in [0.2, 0.25) is 5.91 Å². The van der Waals surface area contributed by atoms with E-state index in [0.29, 0.717) is 17.9 Å². The fourth-order valence-electron chi connectivity index (χ4n) is 2.31. The van der Waals surface area contributed by atoms with Crippen LogP contribution in [0.3, 0.4) is 0 Å². The van der Waals surface area contributed by atoms with Gasteiger partial charge >= 0.3 is 6.03 Å². The second-order valence-electron chi connectivity index (χ2n) is 5.60. The number of anilines is 2. The lowest BCUT2D eigenvalue weighted by Gasteiger charge is -2.13. The normalized spacial score (nSPS) is 17.3. The molecule has 0 radical (unpaired) electrons. The van der Waals surface area contributed by atoms with Crippen LogP contribution in [0.1, 0.15) is 12.8 Å². The van der Waals surface area contributed by atoms with Crippen LogP contribution in [0.4, 0.5) is 16.2 Å². The van der Waals surface area contributed by atoms with Crippen LogP contribution in [0.25, 0.3) is 0 Å². The molecule has 1 aromatic carbocycles. The second kappa shape index (κ2) is 10.9. The number of hydrogen-bond acceptors (Lipinski definition) is 5. The van der Waals surface area contributed by atoms with Gasteiger partial charge in [-0.1, -0.05) is 0 Å². The van der Waals surface area contributed by atoms with E-state index in [1.807, 2.05) is 0 Å². The minimum Gasteiger partial charge on any atom is -0.383 e. The quantitative estimate of drug-likeness (QED) is 0.576. The van der Waals surface area contributed by atoms with Crippen LogP contribution in [0, 0.1) is 0 Å². The average molecular weight is 373 g/mol.